The average Bonchev–Trinajstić information content (AvgIpc) is 2.71. The lowest BCUT2D eigenvalue weighted by Crippen LogP contribution is -2.03. The van der Waals surface area contributed by atoms with E-state index in [9.17, 15) is 22.0 Å². The molecule has 0 saturated heterocycles. The lowest BCUT2D eigenvalue weighted by Gasteiger charge is -2.05. The van der Waals surface area contributed by atoms with E-state index in [1.54, 1.807) is 0 Å². The van der Waals surface area contributed by atoms with E-state index in [1.807, 2.05) is 0 Å². The second-order valence-electron chi connectivity index (χ2n) is 3.59. The number of alkyl halides is 2. The summed E-state index contributed by atoms with van der Waals surface area (Å²) >= 11 is 5.63. The van der Waals surface area contributed by atoms with E-state index in [4.69, 9.17) is 16.9 Å². The number of nitrogens with zero attached hydrogens (tertiary/aromatic N) is 3. The smallest absolute Gasteiger partial charge is 0.217 e. The van der Waals surface area contributed by atoms with Gasteiger partial charge in [0.1, 0.15) is 23.0 Å². The van der Waals surface area contributed by atoms with Gasteiger partial charge < -0.3 is 0 Å². The Balaban J connectivity index is 2.72. The van der Waals surface area contributed by atoms with Crippen LogP contribution in [0.4, 0.5) is 22.0 Å². The van der Waals surface area contributed by atoms with E-state index >= 15 is 0 Å². The minimum atomic E-state index is -3.13. The molecule has 0 amide bonds. The Kier molecular flexibility index (Phi) is 3.63. The third-order valence-corrected chi connectivity index (χ3v) is 2.74. The molecule has 104 valence electrons. The van der Waals surface area contributed by atoms with Gasteiger partial charge in [0.05, 0.1) is 0 Å². The zero-order valence-electron chi connectivity index (χ0n) is 9.34. The van der Waals surface area contributed by atoms with Crippen LogP contribution < -0.4 is 0 Å². The Morgan fingerprint density at radius 2 is 1.75 bits per heavy atom. The second-order valence-corrected chi connectivity index (χ2v) is 3.95. The maximum atomic E-state index is 13.5. The first-order valence-electron chi connectivity index (χ1n) is 4.98. The van der Waals surface area contributed by atoms with E-state index < -0.39 is 46.0 Å². The molecule has 9 heteroatoms. The van der Waals surface area contributed by atoms with Crippen LogP contribution in [0, 0.1) is 28.8 Å². The van der Waals surface area contributed by atoms with Crippen LogP contribution in [-0.4, -0.2) is 9.78 Å². The van der Waals surface area contributed by atoms with E-state index in [-0.39, 0.29) is 6.07 Å². The number of aromatic nitrogens is 2. The predicted molar refractivity (Wildman–Crippen MR) is 58.1 cm³/mol. The summed E-state index contributed by atoms with van der Waals surface area (Å²) in [6, 6.07) is 2.02. The largest absolute Gasteiger partial charge is 0.283 e. The number of benzene rings is 1. The summed E-state index contributed by atoms with van der Waals surface area (Å²) in [5, 5.41) is 11.4. The van der Waals surface area contributed by atoms with Gasteiger partial charge in [-0.2, -0.15) is 10.4 Å². The highest BCUT2D eigenvalue weighted by molar-refractivity contribution is 6.31. The molecular formula is C11H3ClF5N3. The Hall–Kier alpha value is -2.14. The van der Waals surface area contributed by atoms with Crippen LogP contribution in [0.5, 0.6) is 0 Å². The van der Waals surface area contributed by atoms with Crippen molar-refractivity contribution in [1.82, 2.24) is 9.78 Å². The van der Waals surface area contributed by atoms with E-state index in [2.05, 4.69) is 5.10 Å². The fourth-order valence-electron chi connectivity index (χ4n) is 1.50. The maximum absolute atomic E-state index is 13.5. The highest BCUT2D eigenvalue weighted by Crippen LogP contribution is 2.30. The summed E-state index contributed by atoms with van der Waals surface area (Å²) in [7, 11) is 0. The quantitative estimate of drug-likeness (QED) is 0.626. The molecule has 0 atom stereocenters. The Morgan fingerprint density at radius 3 is 2.25 bits per heavy atom. The Labute approximate surface area is 113 Å². The van der Waals surface area contributed by atoms with Crippen LogP contribution in [0.25, 0.3) is 5.69 Å². The first kappa shape index (κ1) is 14.3. The fraction of sp³-hybridized carbons (Fsp3) is 0.0909. The van der Waals surface area contributed by atoms with Crippen LogP contribution in [0.15, 0.2) is 12.1 Å². The number of hydrogen-bond acceptors (Lipinski definition) is 2. The highest BCUT2D eigenvalue weighted by Gasteiger charge is 2.25. The van der Waals surface area contributed by atoms with Gasteiger partial charge in [-0.1, -0.05) is 11.6 Å². The Bertz CT molecular complexity index is 720. The van der Waals surface area contributed by atoms with Crippen molar-refractivity contribution in [2.45, 2.75) is 6.43 Å². The fourth-order valence-corrected chi connectivity index (χ4v) is 1.77. The summed E-state index contributed by atoms with van der Waals surface area (Å²) in [5.74, 6) is -4.13. The SMILES string of the molecule is N#Cc1c(C(F)F)nn(-c2cc(F)c(F)cc2F)c1Cl. The van der Waals surface area contributed by atoms with Gasteiger partial charge in [-0.3, -0.25) is 0 Å². The van der Waals surface area contributed by atoms with Gasteiger partial charge in [-0.15, -0.1) is 0 Å². The van der Waals surface area contributed by atoms with E-state index in [1.165, 1.54) is 6.07 Å². The molecule has 0 unspecified atom stereocenters. The average molecular weight is 308 g/mol. The van der Waals surface area contributed by atoms with Crippen molar-refractivity contribution in [3.8, 4) is 11.8 Å². The number of rotatable bonds is 2. The molecule has 1 aromatic heterocycles. The molecule has 3 nitrogen and oxygen atoms in total. The van der Waals surface area contributed by atoms with E-state index in [0.717, 1.165) is 0 Å². The molecule has 0 fully saturated rings. The van der Waals surface area contributed by atoms with Gasteiger partial charge in [-0.05, 0) is 0 Å². The second kappa shape index (κ2) is 5.09. The van der Waals surface area contributed by atoms with Crippen LogP contribution in [0.1, 0.15) is 17.7 Å². The molecule has 1 aromatic carbocycles. The summed E-state index contributed by atoms with van der Waals surface area (Å²) in [4.78, 5) is 0. The monoisotopic (exact) mass is 307 g/mol. The zero-order valence-corrected chi connectivity index (χ0v) is 10.1. The topological polar surface area (TPSA) is 41.6 Å². The molecule has 1 heterocycles. The van der Waals surface area contributed by atoms with Crippen molar-refractivity contribution in [2.75, 3.05) is 0 Å². The van der Waals surface area contributed by atoms with Gasteiger partial charge in [-0.25, -0.2) is 26.6 Å². The van der Waals surface area contributed by atoms with Crippen LogP contribution in [-0.2, 0) is 0 Å². The van der Waals surface area contributed by atoms with Crippen LogP contribution in [0.2, 0.25) is 5.15 Å². The molecule has 0 N–H and O–H groups in total. The Morgan fingerprint density at radius 1 is 1.15 bits per heavy atom. The van der Waals surface area contributed by atoms with Crippen molar-refractivity contribution in [3.63, 3.8) is 0 Å². The van der Waals surface area contributed by atoms with Crippen molar-refractivity contribution < 1.29 is 22.0 Å². The molecular weight excluding hydrogens is 305 g/mol. The highest BCUT2D eigenvalue weighted by atomic mass is 35.5. The zero-order chi connectivity index (χ0) is 15.0. The predicted octanol–water partition coefficient (Wildman–Crippen LogP) is 3.75. The molecule has 20 heavy (non-hydrogen) atoms. The molecule has 0 aliphatic carbocycles. The standard InChI is InChI=1S/C11H3ClF5N3/c12-10-4(3-18)9(11(16)17)19-20(10)8-2-6(14)5(13)1-7(8)15/h1-2,11H. The van der Waals surface area contributed by atoms with Crippen molar-refractivity contribution in [3.05, 3.63) is 46.0 Å². The lowest BCUT2D eigenvalue weighted by atomic mass is 10.2. The molecule has 2 rings (SSSR count). The van der Waals surface area contributed by atoms with Crippen LogP contribution in [0.3, 0.4) is 0 Å². The first-order chi connectivity index (χ1) is 9.36. The minimum Gasteiger partial charge on any atom is -0.217 e. The van der Waals surface area contributed by atoms with Crippen molar-refractivity contribution in [2.24, 2.45) is 0 Å². The molecule has 0 aliphatic heterocycles. The lowest BCUT2D eigenvalue weighted by molar-refractivity contribution is 0.145. The summed E-state index contributed by atoms with van der Waals surface area (Å²) in [6.07, 6.45) is -3.13. The molecule has 0 radical (unpaired) electrons. The van der Waals surface area contributed by atoms with Crippen molar-refractivity contribution in [1.29, 1.82) is 5.26 Å². The normalized spacial score (nSPS) is 10.9. The maximum Gasteiger partial charge on any atom is 0.283 e. The molecule has 0 bridgehead atoms. The third kappa shape index (κ3) is 2.20. The van der Waals surface area contributed by atoms with Crippen molar-refractivity contribution >= 4 is 11.6 Å². The molecule has 0 spiro atoms. The summed E-state index contributed by atoms with van der Waals surface area (Å²) < 4.78 is 65.2. The number of nitriles is 1. The van der Waals surface area contributed by atoms with Gasteiger partial charge in [0.2, 0.25) is 0 Å². The third-order valence-electron chi connectivity index (χ3n) is 2.39. The van der Waals surface area contributed by atoms with Gasteiger partial charge in [0, 0.05) is 12.1 Å². The van der Waals surface area contributed by atoms with Gasteiger partial charge in [0.15, 0.2) is 22.6 Å². The minimum absolute atomic E-state index is 0.219. The number of halogens is 6. The van der Waals surface area contributed by atoms with Gasteiger partial charge >= 0.3 is 0 Å². The van der Waals surface area contributed by atoms with Gasteiger partial charge in [0.25, 0.3) is 6.43 Å². The summed E-state index contributed by atoms with van der Waals surface area (Å²) in [6.45, 7) is 0. The molecule has 0 aliphatic rings. The van der Waals surface area contributed by atoms with E-state index in [0.29, 0.717) is 10.7 Å². The van der Waals surface area contributed by atoms with Crippen LogP contribution >= 0.6 is 11.6 Å². The molecule has 0 saturated carbocycles. The number of hydrogen-bond donors (Lipinski definition) is 0. The summed E-state index contributed by atoms with van der Waals surface area (Å²) in [5.41, 5.74) is -2.32. The molecule has 2 aromatic rings. The first-order valence-corrected chi connectivity index (χ1v) is 5.36.